The van der Waals surface area contributed by atoms with Crippen LogP contribution in [0.2, 0.25) is 0 Å². The summed E-state index contributed by atoms with van der Waals surface area (Å²) in [6.45, 7) is 0.191. The van der Waals surface area contributed by atoms with Crippen molar-refractivity contribution in [1.82, 2.24) is 14.9 Å². The van der Waals surface area contributed by atoms with E-state index in [4.69, 9.17) is 9.47 Å². The molecule has 1 aromatic heterocycles. The predicted octanol–water partition coefficient (Wildman–Crippen LogP) is 4.37. The van der Waals surface area contributed by atoms with Crippen molar-refractivity contribution in [3.8, 4) is 11.5 Å². The molecule has 3 aromatic carbocycles. The Morgan fingerprint density at radius 3 is 2.50 bits per heavy atom. The van der Waals surface area contributed by atoms with Crippen LogP contribution < -0.4 is 14.8 Å². The summed E-state index contributed by atoms with van der Waals surface area (Å²) in [5, 5.41) is 2.80. The molecule has 1 aliphatic heterocycles. The van der Waals surface area contributed by atoms with E-state index in [0.717, 1.165) is 5.56 Å². The number of ether oxygens (including phenoxy) is 2. The Balaban J connectivity index is 1.55. The summed E-state index contributed by atoms with van der Waals surface area (Å²) in [6, 6.07) is 18.7. The lowest BCUT2D eigenvalue weighted by molar-refractivity contribution is -0.121. The van der Waals surface area contributed by atoms with Crippen molar-refractivity contribution >= 4 is 17.5 Å². The van der Waals surface area contributed by atoms with E-state index >= 15 is 0 Å². The van der Waals surface area contributed by atoms with E-state index in [2.05, 4.69) is 15.3 Å². The zero-order valence-corrected chi connectivity index (χ0v) is 19.0. The van der Waals surface area contributed by atoms with Gasteiger partial charge in [-0.1, -0.05) is 36.4 Å². The minimum atomic E-state index is -1.03. The topological polar surface area (TPSA) is 93.7 Å². The van der Waals surface area contributed by atoms with E-state index in [1.807, 2.05) is 12.1 Å². The summed E-state index contributed by atoms with van der Waals surface area (Å²) in [5.74, 6) is -0.199. The van der Waals surface area contributed by atoms with Gasteiger partial charge in [0.2, 0.25) is 6.79 Å². The molecule has 0 bridgehead atoms. The molecule has 0 fully saturated rings. The highest BCUT2D eigenvalue weighted by atomic mass is 19.1. The SMILES string of the molecule is O=C(Nc1ccc(F)cc1)[C@H](c1ccccc1)N(Cc1ccc2c(c1)OCO2)C(=O)c1cnccn1. The average molecular weight is 484 g/mol. The third kappa shape index (κ3) is 5.00. The Labute approximate surface area is 206 Å². The van der Waals surface area contributed by atoms with Gasteiger partial charge in [-0.05, 0) is 47.5 Å². The van der Waals surface area contributed by atoms with Crippen LogP contribution in [0.1, 0.15) is 27.7 Å². The number of anilines is 1. The van der Waals surface area contributed by atoms with E-state index in [0.29, 0.717) is 22.7 Å². The Kier molecular flexibility index (Phi) is 6.53. The van der Waals surface area contributed by atoms with Crippen LogP contribution >= 0.6 is 0 Å². The van der Waals surface area contributed by atoms with Gasteiger partial charge in [0.1, 0.15) is 17.6 Å². The van der Waals surface area contributed by atoms with E-state index in [1.165, 1.54) is 47.8 Å². The first kappa shape index (κ1) is 23.0. The molecule has 5 rings (SSSR count). The van der Waals surface area contributed by atoms with Crippen molar-refractivity contribution in [2.45, 2.75) is 12.6 Å². The third-order valence-electron chi connectivity index (χ3n) is 5.62. The first-order valence-corrected chi connectivity index (χ1v) is 11.2. The number of carbonyl (C=O) groups is 2. The maximum atomic E-state index is 13.7. The van der Waals surface area contributed by atoms with Gasteiger partial charge >= 0.3 is 0 Å². The van der Waals surface area contributed by atoms with Crippen molar-refractivity contribution in [2.75, 3.05) is 12.1 Å². The van der Waals surface area contributed by atoms with Crippen LogP contribution in [-0.2, 0) is 11.3 Å². The number of halogens is 1. The number of benzene rings is 3. The monoisotopic (exact) mass is 484 g/mol. The summed E-state index contributed by atoms with van der Waals surface area (Å²) in [4.78, 5) is 37.0. The molecule has 0 saturated heterocycles. The van der Waals surface area contributed by atoms with Crippen LogP contribution in [0.3, 0.4) is 0 Å². The molecular weight excluding hydrogens is 463 g/mol. The van der Waals surface area contributed by atoms with Crippen molar-refractivity contribution in [3.05, 3.63) is 114 Å². The molecule has 0 aliphatic carbocycles. The van der Waals surface area contributed by atoms with Crippen molar-refractivity contribution in [2.24, 2.45) is 0 Å². The zero-order valence-electron chi connectivity index (χ0n) is 19.0. The normalized spacial score (nSPS) is 12.6. The number of nitrogens with one attached hydrogen (secondary N) is 1. The molecule has 4 aromatic rings. The lowest BCUT2D eigenvalue weighted by Crippen LogP contribution is -2.41. The molecular formula is C27H21FN4O4. The van der Waals surface area contributed by atoms with E-state index in [1.54, 1.807) is 36.4 Å². The molecule has 2 amide bonds. The Morgan fingerprint density at radius 1 is 0.972 bits per heavy atom. The summed E-state index contributed by atoms with van der Waals surface area (Å²) in [6.07, 6.45) is 4.24. The van der Waals surface area contributed by atoms with Crippen LogP contribution in [0, 0.1) is 5.82 Å². The van der Waals surface area contributed by atoms with Crippen molar-refractivity contribution in [3.63, 3.8) is 0 Å². The summed E-state index contributed by atoms with van der Waals surface area (Å²) in [5.41, 5.74) is 1.81. The molecule has 0 spiro atoms. The van der Waals surface area contributed by atoms with Crippen LogP contribution in [-0.4, -0.2) is 33.5 Å². The fraction of sp³-hybridized carbons (Fsp3) is 0.111. The van der Waals surface area contributed by atoms with Gasteiger partial charge in [-0.25, -0.2) is 9.37 Å². The Morgan fingerprint density at radius 2 is 1.75 bits per heavy atom. The highest BCUT2D eigenvalue weighted by Crippen LogP contribution is 2.34. The average Bonchev–Trinajstić information content (AvgIpc) is 3.38. The molecule has 0 saturated carbocycles. The molecule has 8 nitrogen and oxygen atoms in total. The van der Waals surface area contributed by atoms with E-state index in [-0.39, 0.29) is 19.0 Å². The minimum Gasteiger partial charge on any atom is -0.454 e. The first-order chi connectivity index (χ1) is 17.6. The lowest BCUT2D eigenvalue weighted by Gasteiger charge is -2.31. The molecule has 9 heteroatoms. The maximum absolute atomic E-state index is 13.7. The molecule has 0 unspecified atom stereocenters. The van der Waals surface area contributed by atoms with Gasteiger partial charge in [0, 0.05) is 24.6 Å². The number of rotatable bonds is 7. The van der Waals surface area contributed by atoms with Gasteiger partial charge in [-0.3, -0.25) is 14.6 Å². The van der Waals surface area contributed by atoms with Crippen molar-refractivity contribution in [1.29, 1.82) is 0 Å². The number of hydrogen-bond donors (Lipinski definition) is 1. The maximum Gasteiger partial charge on any atom is 0.275 e. The summed E-state index contributed by atoms with van der Waals surface area (Å²) < 4.78 is 24.3. The number of fused-ring (bicyclic) bond motifs is 1. The molecule has 1 N–H and O–H groups in total. The van der Waals surface area contributed by atoms with E-state index < -0.39 is 23.7 Å². The molecule has 0 radical (unpaired) electrons. The smallest absolute Gasteiger partial charge is 0.275 e. The molecule has 36 heavy (non-hydrogen) atoms. The lowest BCUT2D eigenvalue weighted by atomic mass is 10.0. The van der Waals surface area contributed by atoms with Crippen LogP contribution in [0.15, 0.2) is 91.4 Å². The second-order valence-corrected chi connectivity index (χ2v) is 8.02. The predicted molar refractivity (Wildman–Crippen MR) is 129 cm³/mol. The number of amides is 2. The minimum absolute atomic E-state index is 0.0719. The Hall–Kier alpha value is -4.79. The van der Waals surface area contributed by atoms with Crippen molar-refractivity contribution < 1.29 is 23.5 Å². The standard InChI is InChI=1S/C27H21FN4O4/c28-20-7-9-21(10-8-20)31-26(33)25(19-4-2-1-3-5-19)32(27(34)22-15-29-12-13-30-22)16-18-6-11-23-24(14-18)36-17-35-23/h1-15,25H,16-17H2,(H,31,33)/t25-/m0/s1. The fourth-order valence-corrected chi connectivity index (χ4v) is 3.93. The van der Waals surface area contributed by atoms with Gasteiger partial charge < -0.3 is 19.7 Å². The molecule has 1 aliphatic rings. The largest absolute Gasteiger partial charge is 0.454 e. The zero-order chi connectivity index (χ0) is 24.9. The fourth-order valence-electron chi connectivity index (χ4n) is 3.93. The first-order valence-electron chi connectivity index (χ1n) is 11.2. The summed E-state index contributed by atoms with van der Waals surface area (Å²) >= 11 is 0. The van der Waals surface area contributed by atoms with Gasteiger partial charge in [-0.15, -0.1) is 0 Å². The highest BCUT2D eigenvalue weighted by molar-refractivity contribution is 6.00. The molecule has 2 heterocycles. The highest BCUT2D eigenvalue weighted by Gasteiger charge is 2.33. The Bertz CT molecular complexity index is 1370. The van der Waals surface area contributed by atoms with Gasteiger partial charge in [0.25, 0.3) is 11.8 Å². The van der Waals surface area contributed by atoms with Gasteiger partial charge in [0.15, 0.2) is 11.5 Å². The van der Waals surface area contributed by atoms with Gasteiger partial charge in [-0.2, -0.15) is 0 Å². The second-order valence-electron chi connectivity index (χ2n) is 8.02. The van der Waals surface area contributed by atoms with E-state index in [9.17, 15) is 14.0 Å². The quantitative estimate of drug-likeness (QED) is 0.419. The molecule has 180 valence electrons. The number of hydrogen-bond acceptors (Lipinski definition) is 6. The number of aromatic nitrogens is 2. The second kappa shape index (κ2) is 10.2. The molecule has 1 atom stereocenters. The van der Waals surface area contributed by atoms with Gasteiger partial charge in [0.05, 0.1) is 6.20 Å². The van der Waals surface area contributed by atoms with Crippen LogP contribution in [0.5, 0.6) is 11.5 Å². The number of carbonyl (C=O) groups excluding carboxylic acids is 2. The third-order valence-corrected chi connectivity index (χ3v) is 5.62. The number of nitrogens with zero attached hydrogens (tertiary/aromatic N) is 3. The van der Waals surface area contributed by atoms with Crippen LogP contribution in [0.25, 0.3) is 0 Å². The van der Waals surface area contributed by atoms with Crippen LogP contribution in [0.4, 0.5) is 10.1 Å². The summed E-state index contributed by atoms with van der Waals surface area (Å²) in [7, 11) is 0.